The second kappa shape index (κ2) is 6.46. The lowest BCUT2D eigenvalue weighted by Crippen LogP contribution is -2.48. The highest BCUT2D eigenvalue weighted by atomic mass is 16.4. The van der Waals surface area contributed by atoms with E-state index in [0.717, 1.165) is 45.1 Å². The smallest absolute Gasteiger partial charge is 0.317 e. The van der Waals surface area contributed by atoms with Crippen LogP contribution in [0.15, 0.2) is 0 Å². The van der Waals surface area contributed by atoms with E-state index in [1.54, 1.807) is 0 Å². The summed E-state index contributed by atoms with van der Waals surface area (Å²) in [4.78, 5) is 25.7. The first-order valence-corrected chi connectivity index (χ1v) is 7.83. The third kappa shape index (κ3) is 3.25. The number of nitrogens with one attached hydrogen (secondary N) is 1. The molecule has 1 atom stereocenters. The molecule has 1 aliphatic heterocycles. The molecule has 0 radical (unpaired) electrons. The largest absolute Gasteiger partial charge is 0.481 e. The third-order valence-electron chi connectivity index (χ3n) is 4.91. The fourth-order valence-corrected chi connectivity index (χ4v) is 3.45. The van der Waals surface area contributed by atoms with Crippen molar-refractivity contribution >= 4 is 12.0 Å². The molecule has 0 aromatic carbocycles. The van der Waals surface area contributed by atoms with E-state index in [1.807, 2.05) is 11.8 Å². The summed E-state index contributed by atoms with van der Waals surface area (Å²) in [5.74, 6) is -0.755. The number of nitrogens with zero attached hydrogens (tertiary/aromatic N) is 1. The van der Waals surface area contributed by atoms with Crippen molar-refractivity contribution in [1.82, 2.24) is 10.2 Å². The summed E-state index contributed by atoms with van der Waals surface area (Å²) in [5, 5.41) is 12.5. The maximum Gasteiger partial charge on any atom is 0.317 e. The average Bonchev–Trinajstić information content (AvgIpc) is 2.71. The van der Waals surface area contributed by atoms with Gasteiger partial charge in [0, 0.05) is 19.1 Å². The minimum absolute atomic E-state index is 0.0973. The Balaban J connectivity index is 1.94. The molecule has 2 amide bonds. The minimum atomic E-state index is -0.755. The van der Waals surface area contributed by atoms with E-state index in [4.69, 9.17) is 0 Å². The molecule has 1 unspecified atom stereocenters. The molecule has 2 fully saturated rings. The van der Waals surface area contributed by atoms with Crippen molar-refractivity contribution in [2.45, 2.75) is 64.3 Å². The van der Waals surface area contributed by atoms with Gasteiger partial charge in [0.25, 0.3) is 0 Å². The molecule has 2 N–H and O–H groups in total. The van der Waals surface area contributed by atoms with Crippen LogP contribution in [0, 0.1) is 5.41 Å². The van der Waals surface area contributed by atoms with Crippen LogP contribution in [-0.4, -0.2) is 41.1 Å². The van der Waals surface area contributed by atoms with E-state index in [1.165, 1.54) is 0 Å². The summed E-state index contributed by atoms with van der Waals surface area (Å²) in [6.07, 6.45) is 7.54. The van der Waals surface area contributed by atoms with Crippen molar-refractivity contribution in [2.75, 3.05) is 13.1 Å². The molecule has 1 heterocycles. The van der Waals surface area contributed by atoms with Crippen molar-refractivity contribution in [3.8, 4) is 0 Å². The van der Waals surface area contributed by atoms with Gasteiger partial charge in [0.1, 0.15) is 0 Å². The molecule has 0 aromatic rings. The maximum atomic E-state index is 12.2. The second-order valence-corrected chi connectivity index (χ2v) is 6.34. The predicted molar refractivity (Wildman–Crippen MR) is 76.6 cm³/mol. The molecule has 20 heavy (non-hydrogen) atoms. The van der Waals surface area contributed by atoms with Crippen molar-refractivity contribution in [2.24, 2.45) is 5.41 Å². The van der Waals surface area contributed by atoms with Crippen molar-refractivity contribution < 1.29 is 14.7 Å². The van der Waals surface area contributed by atoms with E-state index in [9.17, 15) is 14.7 Å². The molecular weight excluding hydrogens is 256 g/mol. The summed E-state index contributed by atoms with van der Waals surface area (Å²) < 4.78 is 0. The quantitative estimate of drug-likeness (QED) is 0.782. The highest BCUT2D eigenvalue weighted by molar-refractivity contribution is 5.78. The highest BCUT2D eigenvalue weighted by Crippen LogP contribution is 2.35. The van der Waals surface area contributed by atoms with Gasteiger partial charge >= 0.3 is 12.0 Å². The van der Waals surface area contributed by atoms with Gasteiger partial charge in [-0.25, -0.2) is 4.79 Å². The number of aliphatic carboxylic acids is 1. The first kappa shape index (κ1) is 15.1. The van der Waals surface area contributed by atoms with Gasteiger partial charge in [-0.3, -0.25) is 4.79 Å². The number of urea groups is 1. The minimum Gasteiger partial charge on any atom is -0.481 e. The lowest BCUT2D eigenvalue weighted by Gasteiger charge is -2.30. The Labute approximate surface area is 120 Å². The molecule has 2 aliphatic rings. The van der Waals surface area contributed by atoms with Crippen molar-refractivity contribution in [3.05, 3.63) is 0 Å². The summed E-state index contributed by atoms with van der Waals surface area (Å²) in [7, 11) is 0. The van der Waals surface area contributed by atoms with Crippen LogP contribution in [0.25, 0.3) is 0 Å². The number of carboxylic acids is 1. The zero-order chi connectivity index (χ0) is 14.6. The fourth-order valence-electron chi connectivity index (χ4n) is 3.45. The number of likely N-dealkylation sites (tertiary alicyclic amines) is 1. The zero-order valence-corrected chi connectivity index (χ0v) is 12.4. The topological polar surface area (TPSA) is 69.6 Å². The molecule has 0 spiro atoms. The SMILES string of the molecule is CC1CCCN1C(=O)NCC1(C(=O)O)CCCCCC1. The Hall–Kier alpha value is -1.26. The summed E-state index contributed by atoms with van der Waals surface area (Å²) in [5.41, 5.74) is -0.755. The van der Waals surface area contributed by atoms with Gasteiger partial charge in [0.15, 0.2) is 0 Å². The third-order valence-corrected chi connectivity index (χ3v) is 4.91. The summed E-state index contributed by atoms with van der Waals surface area (Å²) in [6, 6.07) is 0.171. The first-order chi connectivity index (χ1) is 9.55. The number of hydrogen-bond donors (Lipinski definition) is 2. The monoisotopic (exact) mass is 282 g/mol. The lowest BCUT2D eigenvalue weighted by molar-refractivity contribution is -0.149. The van der Waals surface area contributed by atoms with Gasteiger partial charge in [0.2, 0.25) is 0 Å². The van der Waals surface area contributed by atoms with E-state index in [2.05, 4.69) is 5.32 Å². The van der Waals surface area contributed by atoms with Crippen molar-refractivity contribution in [3.63, 3.8) is 0 Å². The average molecular weight is 282 g/mol. The van der Waals surface area contributed by atoms with E-state index >= 15 is 0 Å². The number of carboxylic acid groups (broad SMARTS) is 1. The first-order valence-electron chi connectivity index (χ1n) is 7.83. The number of carbonyl (C=O) groups is 2. The molecule has 1 aliphatic carbocycles. The maximum absolute atomic E-state index is 12.2. The van der Waals surface area contributed by atoms with Crippen molar-refractivity contribution in [1.29, 1.82) is 0 Å². The molecule has 5 heteroatoms. The zero-order valence-electron chi connectivity index (χ0n) is 12.4. The van der Waals surface area contributed by atoms with Gasteiger partial charge in [-0.05, 0) is 32.6 Å². The summed E-state index contributed by atoms with van der Waals surface area (Å²) >= 11 is 0. The second-order valence-electron chi connectivity index (χ2n) is 6.34. The van der Waals surface area contributed by atoms with Gasteiger partial charge < -0.3 is 15.3 Å². The van der Waals surface area contributed by atoms with Crippen LogP contribution in [-0.2, 0) is 4.79 Å². The van der Waals surface area contributed by atoms with Gasteiger partial charge in [-0.1, -0.05) is 25.7 Å². The van der Waals surface area contributed by atoms with Gasteiger partial charge in [-0.2, -0.15) is 0 Å². The van der Waals surface area contributed by atoms with Gasteiger partial charge in [0.05, 0.1) is 5.41 Å². The van der Waals surface area contributed by atoms with Gasteiger partial charge in [-0.15, -0.1) is 0 Å². The number of carbonyl (C=O) groups excluding carboxylic acids is 1. The highest BCUT2D eigenvalue weighted by Gasteiger charge is 2.39. The molecule has 2 rings (SSSR count). The Morgan fingerprint density at radius 1 is 1.20 bits per heavy atom. The van der Waals surface area contributed by atoms with Crippen LogP contribution in [0.5, 0.6) is 0 Å². The Kier molecular flexibility index (Phi) is 4.89. The van der Waals surface area contributed by atoms with E-state index < -0.39 is 11.4 Å². The van der Waals surface area contributed by atoms with Crippen LogP contribution < -0.4 is 5.32 Å². The van der Waals surface area contributed by atoms with Crippen LogP contribution in [0.4, 0.5) is 4.79 Å². The van der Waals surface area contributed by atoms with E-state index in [0.29, 0.717) is 12.8 Å². The molecular formula is C15H26N2O3. The molecule has 0 aromatic heterocycles. The van der Waals surface area contributed by atoms with Crippen LogP contribution >= 0.6 is 0 Å². The van der Waals surface area contributed by atoms with Crippen LogP contribution in [0.1, 0.15) is 58.3 Å². The molecule has 5 nitrogen and oxygen atoms in total. The molecule has 0 bridgehead atoms. The fraction of sp³-hybridized carbons (Fsp3) is 0.867. The van der Waals surface area contributed by atoms with Crippen LogP contribution in [0.3, 0.4) is 0 Å². The molecule has 1 saturated heterocycles. The normalized spacial score (nSPS) is 26.1. The summed E-state index contributed by atoms with van der Waals surface area (Å²) in [6.45, 7) is 3.10. The molecule has 114 valence electrons. The predicted octanol–water partition coefficient (Wildman–Crippen LogP) is 2.61. The van der Waals surface area contributed by atoms with E-state index in [-0.39, 0.29) is 18.6 Å². The number of amides is 2. The number of rotatable bonds is 3. The Morgan fingerprint density at radius 2 is 1.85 bits per heavy atom. The molecule has 1 saturated carbocycles. The standard InChI is InChI=1S/C15H26N2O3/c1-12-7-6-10-17(12)14(20)16-11-15(13(18)19)8-4-2-3-5-9-15/h12H,2-11H2,1H3,(H,16,20)(H,18,19). The number of hydrogen-bond acceptors (Lipinski definition) is 2. The van der Waals surface area contributed by atoms with Crippen LogP contribution in [0.2, 0.25) is 0 Å². The Bertz CT molecular complexity index is 362. The Morgan fingerprint density at radius 3 is 2.35 bits per heavy atom. The lowest BCUT2D eigenvalue weighted by atomic mass is 9.80.